The number of hydrogen-bond acceptors (Lipinski definition) is 12. The van der Waals surface area contributed by atoms with E-state index in [-0.39, 0.29) is 44.4 Å². The third-order valence-electron chi connectivity index (χ3n) is 9.55. The Bertz CT molecular complexity index is 1190. The highest BCUT2D eigenvalue weighted by atomic mass is 31.2. The zero-order valence-corrected chi connectivity index (χ0v) is 37.6. The van der Waals surface area contributed by atoms with Crippen LogP contribution >= 0.6 is 7.82 Å². The minimum atomic E-state index is -4.69. The number of amides is 2. The van der Waals surface area contributed by atoms with E-state index < -0.39 is 50.9 Å². The first-order valence-electron chi connectivity index (χ1n) is 21.6. The summed E-state index contributed by atoms with van der Waals surface area (Å²) in [6.07, 6.45) is 18.2. The van der Waals surface area contributed by atoms with E-state index in [2.05, 4.69) is 22.5 Å². The van der Waals surface area contributed by atoms with Crippen molar-refractivity contribution in [3.8, 4) is 0 Å². The third-order valence-corrected chi connectivity index (χ3v) is 10.5. The van der Waals surface area contributed by atoms with Crippen LogP contribution in [0, 0.1) is 5.92 Å². The molecule has 0 fully saturated rings. The molecule has 16 nitrogen and oxygen atoms in total. The van der Waals surface area contributed by atoms with E-state index in [0.717, 1.165) is 45.2 Å². The number of hydrogen-bond donors (Lipinski definition) is 3. The van der Waals surface area contributed by atoms with Crippen molar-refractivity contribution in [2.75, 3.05) is 80.7 Å². The molecule has 0 bridgehead atoms. The maximum atomic E-state index is 12.7. The SMILES string of the molecule is CCCCCCCCCCCCCCCC(=O)OC[C@H](COP(=O)([O-])OCC[N+](C)(C)C)OC(=O)CCCCN(C)CCCC[C@H](C)C(=O)NCC(=O)NCC(=O)O. The predicted molar refractivity (Wildman–Crippen MR) is 222 cm³/mol. The molecule has 17 heteroatoms. The minimum Gasteiger partial charge on any atom is -0.756 e. The molecule has 58 heavy (non-hydrogen) atoms. The van der Waals surface area contributed by atoms with E-state index in [1.165, 1.54) is 57.8 Å². The van der Waals surface area contributed by atoms with Crippen molar-refractivity contribution in [3.05, 3.63) is 0 Å². The topological polar surface area (TPSA) is 210 Å². The van der Waals surface area contributed by atoms with Crippen molar-refractivity contribution in [2.24, 2.45) is 5.92 Å². The molecule has 1 unspecified atom stereocenters. The van der Waals surface area contributed by atoms with Crippen molar-refractivity contribution in [1.29, 1.82) is 0 Å². The summed E-state index contributed by atoms with van der Waals surface area (Å²) in [4.78, 5) is 74.1. The Hall–Kier alpha value is -2.62. The molecule has 0 aromatic heterocycles. The highest BCUT2D eigenvalue weighted by Crippen LogP contribution is 2.38. The van der Waals surface area contributed by atoms with Crippen LogP contribution in [-0.2, 0) is 47.1 Å². The van der Waals surface area contributed by atoms with Gasteiger partial charge in [0.05, 0.1) is 34.3 Å². The highest BCUT2D eigenvalue weighted by molar-refractivity contribution is 7.45. The van der Waals surface area contributed by atoms with Crippen LogP contribution in [0.1, 0.15) is 142 Å². The maximum absolute atomic E-state index is 12.7. The fourth-order valence-corrected chi connectivity index (χ4v) is 6.58. The fraction of sp³-hybridized carbons (Fsp3) is 0.878. The van der Waals surface area contributed by atoms with Crippen molar-refractivity contribution in [3.63, 3.8) is 0 Å². The van der Waals surface area contributed by atoms with Crippen molar-refractivity contribution in [2.45, 2.75) is 148 Å². The summed E-state index contributed by atoms with van der Waals surface area (Å²) >= 11 is 0. The summed E-state index contributed by atoms with van der Waals surface area (Å²) in [6, 6.07) is 0. The summed E-state index contributed by atoms with van der Waals surface area (Å²) in [5, 5.41) is 13.3. The molecule has 0 aromatic carbocycles. The van der Waals surface area contributed by atoms with Gasteiger partial charge in [-0.3, -0.25) is 28.5 Å². The first-order chi connectivity index (χ1) is 27.4. The largest absolute Gasteiger partial charge is 0.756 e. The van der Waals surface area contributed by atoms with Crippen LogP contribution in [0.2, 0.25) is 0 Å². The molecule has 3 atom stereocenters. The van der Waals surface area contributed by atoms with Crippen LogP contribution in [0.4, 0.5) is 0 Å². The van der Waals surface area contributed by atoms with Crippen LogP contribution in [0.15, 0.2) is 0 Å². The van der Waals surface area contributed by atoms with Crippen molar-refractivity contribution in [1.82, 2.24) is 15.5 Å². The Balaban J connectivity index is 4.55. The van der Waals surface area contributed by atoms with Crippen molar-refractivity contribution >= 4 is 37.5 Å². The number of carboxylic acid groups (broad SMARTS) is 1. The maximum Gasteiger partial charge on any atom is 0.322 e. The lowest BCUT2D eigenvalue weighted by molar-refractivity contribution is -0.870. The van der Waals surface area contributed by atoms with E-state index in [1.807, 2.05) is 28.2 Å². The lowest BCUT2D eigenvalue weighted by atomic mass is 10.0. The Morgan fingerprint density at radius 1 is 0.724 bits per heavy atom. The van der Waals surface area contributed by atoms with Gasteiger partial charge in [0.15, 0.2) is 6.10 Å². The Morgan fingerprint density at radius 3 is 1.83 bits per heavy atom. The van der Waals surface area contributed by atoms with Gasteiger partial charge in [0, 0.05) is 18.8 Å². The number of phosphoric ester groups is 1. The second-order valence-electron chi connectivity index (χ2n) is 16.4. The molecule has 2 amide bonds. The van der Waals surface area contributed by atoms with E-state index in [9.17, 15) is 33.4 Å². The number of rotatable bonds is 39. The number of likely N-dealkylation sites (N-methyl/N-ethyl adjacent to an activating group) is 1. The molecular formula is C41H79N4O12P. The normalized spacial score (nSPS) is 13.7. The first-order valence-corrected chi connectivity index (χ1v) is 23.1. The average Bonchev–Trinajstić information content (AvgIpc) is 3.15. The molecule has 0 heterocycles. The number of carbonyl (C=O) groups is 5. The number of quaternary nitrogens is 1. The summed E-state index contributed by atoms with van der Waals surface area (Å²) in [5.74, 6) is -3.28. The Kier molecular flexibility index (Phi) is 32.6. The van der Waals surface area contributed by atoms with Crippen LogP contribution in [0.5, 0.6) is 0 Å². The fourth-order valence-electron chi connectivity index (χ4n) is 5.85. The van der Waals surface area contributed by atoms with Gasteiger partial charge in [-0.15, -0.1) is 0 Å². The highest BCUT2D eigenvalue weighted by Gasteiger charge is 2.22. The number of aliphatic carboxylic acids is 1. The number of esters is 2. The van der Waals surface area contributed by atoms with E-state index in [0.29, 0.717) is 36.7 Å². The number of nitrogens with zero attached hydrogens (tertiary/aromatic N) is 2. The predicted octanol–water partition coefficient (Wildman–Crippen LogP) is 5.36. The lowest BCUT2D eigenvalue weighted by Gasteiger charge is -2.28. The number of unbranched alkanes of at least 4 members (excludes halogenated alkanes) is 14. The van der Waals surface area contributed by atoms with Crippen LogP contribution in [0.3, 0.4) is 0 Å². The zero-order valence-electron chi connectivity index (χ0n) is 36.7. The second-order valence-corrected chi connectivity index (χ2v) is 17.8. The van der Waals surface area contributed by atoms with Gasteiger partial charge in [0.25, 0.3) is 7.82 Å². The summed E-state index contributed by atoms with van der Waals surface area (Å²) in [6.45, 7) is 4.23. The van der Waals surface area contributed by atoms with Crippen molar-refractivity contribution < 1.29 is 61.5 Å². The second kappa shape index (κ2) is 34.1. The van der Waals surface area contributed by atoms with Crippen LogP contribution in [0.25, 0.3) is 0 Å². The molecule has 0 radical (unpaired) electrons. The average molecular weight is 851 g/mol. The number of carboxylic acids is 1. The number of phosphoric acid groups is 1. The summed E-state index contributed by atoms with van der Waals surface area (Å²) < 4.78 is 33.8. The molecule has 0 rings (SSSR count). The van der Waals surface area contributed by atoms with Gasteiger partial charge in [-0.25, -0.2) is 0 Å². The molecular weight excluding hydrogens is 771 g/mol. The standard InChI is InChI=1S/C41H79N4O12P/c1-7-8-9-10-11-12-13-14-15-16-17-18-19-25-39(49)54-33-36(34-56-58(52,53)55-30-29-45(4,5)6)57-40(50)26-21-23-28-44(3)27-22-20-24-35(2)41(51)43-31-37(46)42-32-38(47)48/h35-36H,7-34H2,1-6H3,(H3-,42,43,46,47,48,51,52,53)/t35-,36+/m0/s1. The molecule has 0 saturated carbocycles. The Labute approximate surface area is 349 Å². The molecule has 0 aliphatic heterocycles. The smallest absolute Gasteiger partial charge is 0.322 e. The molecule has 340 valence electrons. The van der Waals surface area contributed by atoms with Gasteiger partial charge in [0.2, 0.25) is 11.8 Å². The Morgan fingerprint density at radius 2 is 1.26 bits per heavy atom. The number of ether oxygens (including phenoxy) is 2. The number of nitrogens with one attached hydrogen (secondary N) is 2. The van der Waals surface area contributed by atoms with Gasteiger partial charge in [-0.05, 0) is 52.2 Å². The quantitative estimate of drug-likeness (QED) is 0.0309. The van der Waals surface area contributed by atoms with E-state index in [1.54, 1.807) is 6.92 Å². The molecule has 3 N–H and O–H groups in total. The summed E-state index contributed by atoms with van der Waals surface area (Å²) in [7, 11) is 2.97. The lowest BCUT2D eigenvalue weighted by Crippen LogP contribution is -2.40. The van der Waals surface area contributed by atoms with Gasteiger partial charge in [-0.2, -0.15) is 0 Å². The first kappa shape index (κ1) is 55.4. The van der Waals surface area contributed by atoms with E-state index >= 15 is 0 Å². The minimum absolute atomic E-state index is 0.0757. The zero-order chi connectivity index (χ0) is 43.7. The molecule has 0 aromatic rings. The van der Waals surface area contributed by atoms with Gasteiger partial charge in [-0.1, -0.05) is 97.3 Å². The van der Waals surface area contributed by atoms with Gasteiger partial charge in [0.1, 0.15) is 26.3 Å². The summed E-state index contributed by atoms with van der Waals surface area (Å²) in [5.41, 5.74) is 0. The third kappa shape index (κ3) is 36.5. The molecule has 0 spiro atoms. The monoisotopic (exact) mass is 851 g/mol. The number of carbonyl (C=O) groups excluding carboxylic acids is 4. The molecule has 0 aliphatic rings. The molecule has 0 aliphatic carbocycles. The van der Waals surface area contributed by atoms with Gasteiger partial charge < -0.3 is 48.5 Å². The molecule has 0 saturated heterocycles. The van der Waals surface area contributed by atoms with E-state index in [4.69, 9.17) is 23.6 Å². The van der Waals surface area contributed by atoms with Crippen LogP contribution < -0.4 is 15.5 Å². The van der Waals surface area contributed by atoms with Crippen LogP contribution in [-0.4, -0.2) is 131 Å². The van der Waals surface area contributed by atoms with Gasteiger partial charge >= 0.3 is 17.9 Å².